The fraction of sp³-hybridized carbons (Fsp3) is 0.259. The summed E-state index contributed by atoms with van der Waals surface area (Å²) in [6, 6.07) is 13.5. The Morgan fingerprint density at radius 1 is 0.938 bits per heavy atom. The molecule has 0 fully saturated rings. The molecule has 1 heterocycles. The lowest BCUT2D eigenvalue weighted by Gasteiger charge is -2.19. The molecule has 4 rings (SSSR count). The van der Waals surface area contributed by atoms with Crippen LogP contribution in [0.5, 0.6) is 0 Å². The van der Waals surface area contributed by atoms with Gasteiger partial charge in [-0.1, -0.05) is 47.5 Å². The number of carbonyl (C=O) groups excluding carboxylic acids is 1. The second kappa shape index (κ2) is 8.44. The molecule has 1 amide bonds. The van der Waals surface area contributed by atoms with Crippen molar-refractivity contribution in [3.63, 3.8) is 0 Å². The number of carboxylic acid groups (broad SMARTS) is 1. The summed E-state index contributed by atoms with van der Waals surface area (Å²) in [5.74, 6) is -0.919. The molecule has 5 heteroatoms. The standard InChI is InChI=1S/C27H26ClNO3/c1-15-5-8-19(9-6-15)26-18(4)24-14-29(13-23(24)17(3)22(26)12-25(30)31)27(32)21-11-20(28)10-7-16(21)2/h5-11H,12-14H2,1-4H3,(H,30,31). The van der Waals surface area contributed by atoms with Crippen molar-refractivity contribution < 1.29 is 14.7 Å². The molecule has 1 N–H and O–H groups in total. The molecule has 1 aliphatic heterocycles. The minimum Gasteiger partial charge on any atom is -0.481 e. The van der Waals surface area contributed by atoms with Crippen LogP contribution in [0.4, 0.5) is 0 Å². The first-order valence-corrected chi connectivity index (χ1v) is 11.0. The number of halogens is 1. The highest BCUT2D eigenvalue weighted by Gasteiger charge is 2.31. The van der Waals surface area contributed by atoms with Gasteiger partial charge in [-0.15, -0.1) is 0 Å². The third kappa shape index (κ3) is 3.91. The Bertz CT molecular complexity index is 1240. The maximum Gasteiger partial charge on any atom is 0.307 e. The lowest BCUT2D eigenvalue weighted by Crippen LogP contribution is -2.26. The molecule has 0 spiro atoms. The van der Waals surface area contributed by atoms with E-state index < -0.39 is 5.97 Å². The number of hydrogen-bond acceptors (Lipinski definition) is 2. The SMILES string of the molecule is Cc1ccc(-c2c(C)c3c(c(C)c2CC(=O)O)CN(C(=O)c2cc(Cl)ccc2C)C3)cc1. The van der Waals surface area contributed by atoms with Gasteiger partial charge in [0.15, 0.2) is 0 Å². The Balaban J connectivity index is 1.82. The van der Waals surface area contributed by atoms with Crippen LogP contribution in [0.25, 0.3) is 11.1 Å². The summed E-state index contributed by atoms with van der Waals surface area (Å²) in [6.45, 7) is 8.92. The van der Waals surface area contributed by atoms with Gasteiger partial charge in [-0.05, 0) is 84.3 Å². The minimum atomic E-state index is -0.860. The summed E-state index contributed by atoms with van der Waals surface area (Å²) in [4.78, 5) is 26.9. The lowest BCUT2D eigenvalue weighted by atomic mass is 9.84. The van der Waals surface area contributed by atoms with E-state index in [1.54, 1.807) is 12.1 Å². The fourth-order valence-electron chi connectivity index (χ4n) is 4.69. The lowest BCUT2D eigenvalue weighted by molar-refractivity contribution is -0.136. The third-order valence-electron chi connectivity index (χ3n) is 6.48. The number of hydrogen-bond donors (Lipinski definition) is 1. The molecule has 0 radical (unpaired) electrons. The highest BCUT2D eigenvalue weighted by atomic mass is 35.5. The molecule has 0 aromatic heterocycles. The first kappa shape index (κ1) is 22.1. The van der Waals surface area contributed by atoms with Crippen LogP contribution in [0.15, 0.2) is 42.5 Å². The van der Waals surface area contributed by atoms with Crippen LogP contribution < -0.4 is 0 Å². The number of nitrogens with zero attached hydrogens (tertiary/aromatic N) is 1. The molecule has 4 nitrogen and oxygen atoms in total. The molecular weight excluding hydrogens is 422 g/mol. The molecule has 32 heavy (non-hydrogen) atoms. The van der Waals surface area contributed by atoms with Crippen molar-refractivity contribution in [2.24, 2.45) is 0 Å². The first-order valence-electron chi connectivity index (χ1n) is 10.7. The molecule has 0 unspecified atom stereocenters. The summed E-state index contributed by atoms with van der Waals surface area (Å²) >= 11 is 6.15. The Kier molecular flexibility index (Phi) is 5.83. The molecule has 0 bridgehead atoms. The quantitative estimate of drug-likeness (QED) is 0.531. The van der Waals surface area contributed by atoms with Crippen molar-refractivity contribution in [2.75, 3.05) is 0 Å². The van der Waals surface area contributed by atoms with Gasteiger partial charge in [0.2, 0.25) is 0 Å². The van der Waals surface area contributed by atoms with Gasteiger partial charge in [0.25, 0.3) is 5.91 Å². The molecular formula is C27H26ClNO3. The fourth-order valence-corrected chi connectivity index (χ4v) is 4.86. The largest absolute Gasteiger partial charge is 0.481 e. The van der Waals surface area contributed by atoms with E-state index in [1.807, 2.05) is 62.9 Å². The highest BCUT2D eigenvalue weighted by molar-refractivity contribution is 6.31. The Morgan fingerprint density at radius 3 is 2.19 bits per heavy atom. The molecule has 3 aromatic carbocycles. The first-order chi connectivity index (χ1) is 15.2. The Hall–Kier alpha value is -3.11. The van der Waals surface area contributed by atoms with E-state index in [1.165, 1.54) is 0 Å². The zero-order chi connectivity index (χ0) is 23.2. The number of amides is 1. The maximum absolute atomic E-state index is 13.3. The summed E-state index contributed by atoms with van der Waals surface area (Å²) in [7, 11) is 0. The van der Waals surface area contributed by atoms with Crippen molar-refractivity contribution in [1.29, 1.82) is 0 Å². The van der Waals surface area contributed by atoms with Crippen molar-refractivity contribution in [3.05, 3.63) is 92.0 Å². The Labute approximate surface area is 193 Å². The van der Waals surface area contributed by atoms with Crippen LogP contribution >= 0.6 is 11.6 Å². The van der Waals surface area contributed by atoms with Gasteiger partial charge in [0.05, 0.1) is 6.42 Å². The van der Waals surface area contributed by atoms with Gasteiger partial charge in [0, 0.05) is 23.7 Å². The van der Waals surface area contributed by atoms with Crippen molar-refractivity contribution >= 4 is 23.5 Å². The summed E-state index contributed by atoms with van der Waals surface area (Å²) < 4.78 is 0. The monoisotopic (exact) mass is 447 g/mol. The average molecular weight is 448 g/mol. The molecule has 1 aliphatic rings. The van der Waals surface area contributed by atoms with E-state index in [-0.39, 0.29) is 12.3 Å². The van der Waals surface area contributed by atoms with Gasteiger partial charge >= 0.3 is 5.97 Å². The van der Waals surface area contributed by atoms with Crippen LogP contribution in [0, 0.1) is 27.7 Å². The van der Waals surface area contributed by atoms with Crippen molar-refractivity contribution in [2.45, 2.75) is 47.2 Å². The second-order valence-electron chi connectivity index (χ2n) is 8.62. The van der Waals surface area contributed by atoms with Gasteiger partial charge in [-0.2, -0.15) is 0 Å². The number of carbonyl (C=O) groups is 2. The van der Waals surface area contributed by atoms with Crippen LogP contribution in [-0.2, 0) is 24.3 Å². The predicted molar refractivity (Wildman–Crippen MR) is 127 cm³/mol. The van der Waals surface area contributed by atoms with Crippen LogP contribution in [-0.4, -0.2) is 21.9 Å². The molecule has 0 saturated heterocycles. The van der Waals surface area contributed by atoms with Gasteiger partial charge in [-0.3, -0.25) is 9.59 Å². The number of benzene rings is 3. The number of fused-ring (bicyclic) bond motifs is 1. The van der Waals surface area contributed by atoms with E-state index in [9.17, 15) is 14.7 Å². The highest BCUT2D eigenvalue weighted by Crippen LogP contribution is 2.40. The van der Waals surface area contributed by atoms with E-state index in [4.69, 9.17) is 11.6 Å². The summed E-state index contributed by atoms with van der Waals surface area (Å²) in [5, 5.41) is 10.2. The number of rotatable bonds is 4. The average Bonchev–Trinajstić information content (AvgIpc) is 3.20. The molecule has 0 aliphatic carbocycles. The summed E-state index contributed by atoms with van der Waals surface area (Å²) in [6.07, 6.45) is -0.0511. The number of aryl methyl sites for hydroxylation is 2. The van der Waals surface area contributed by atoms with Gasteiger partial charge in [-0.25, -0.2) is 0 Å². The van der Waals surface area contributed by atoms with E-state index in [2.05, 4.69) is 0 Å². The number of carboxylic acids is 1. The van der Waals surface area contributed by atoms with Crippen LogP contribution in [0.3, 0.4) is 0 Å². The third-order valence-corrected chi connectivity index (χ3v) is 6.72. The Morgan fingerprint density at radius 2 is 1.56 bits per heavy atom. The zero-order valence-electron chi connectivity index (χ0n) is 18.8. The smallest absolute Gasteiger partial charge is 0.307 e. The molecule has 0 atom stereocenters. The summed E-state index contributed by atoms with van der Waals surface area (Å²) in [5.41, 5.74) is 9.61. The topological polar surface area (TPSA) is 57.6 Å². The van der Waals surface area contributed by atoms with Crippen molar-refractivity contribution in [3.8, 4) is 11.1 Å². The van der Waals surface area contributed by atoms with Gasteiger partial charge < -0.3 is 10.0 Å². The van der Waals surface area contributed by atoms with E-state index >= 15 is 0 Å². The van der Waals surface area contributed by atoms with E-state index in [0.717, 1.165) is 50.1 Å². The molecule has 0 saturated carbocycles. The maximum atomic E-state index is 13.3. The minimum absolute atomic E-state index is 0.0511. The zero-order valence-corrected chi connectivity index (χ0v) is 19.5. The van der Waals surface area contributed by atoms with Crippen LogP contribution in [0.2, 0.25) is 5.02 Å². The molecule has 164 valence electrons. The number of aliphatic carboxylic acids is 1. The predicted octanol–water partition coefficient (Wildman–Crippen LogP) is 6.02. The molecule has 3 aromatic rings. The van der Waals surface area contributed by atoms with Crippen LogP contribution in [0.1, 0.15) is 49.3 Å². The second-order valence-corrected chi connectivity index (χ2v) is 9.05. The van der Waals surface area contributed by atoms with Gasteiger partial charge in [0.1, 0.15) is 0 Å². The van der Waals surface area contributed by atoms with Crippen molar-refractivity contribution in [1.82, 2.24) is 4.90 Å². The van der Waals surface area contributed by atoms with E-state index in [0.29, 0.717) is 23.7 Å². The normalized spacial score (nSPS) is 12.7.